The molecule has 0 aliphatic rings. The fourth-order valence-corrected chi connectivity index (χ4v) is 2.41. The number of nitrogens with one attached hydrogen (secondary N) is 2. The highest BCUT2D eigenvalue weighted by Crippen LogP contribution is 2.27. The highest BCUT2D eigenvalue weighted by molar-refractivity contribution is 6.30. The van der Waals surface area contributed by atoms with Crippen molar-refractivity contribution in [2.75, 3.05) is 25.6 Å². The summed E-state index contributed by atoms with van der Waals surface area (Å²) in [5.74, 6) is 1.16. The summed E-state index contributed by atoms with van der Waals surface area (Å²) in [7, 11) is 1.59. The molecule has 0 saturated heterocycles. The molecule has 0 saturated carbocycles. The van der Waals surface area contributed by atoms with Crippen molar-refractivity contribution >= 4 is 23.2 Å². The van der Waals surface area contributed by atoms with Gasteiger partial charge in [0.2, 0.25) is 11.8 Å². The highest BCUT2D eigenvalue weighted by atomic mass is 35.5. The molecule has 25 heavy (non-hydrogen) atoms. The molecule has 2 aromatic rings. The molecule has 134 valence electrons. The van der Waals surface area contributed by atoms with Crippen LogP contribution in [0.25, 0.3) is 0 Å². The van der Waals surface area contributed by atoms with Gasteiger partial charge in [-0.1, -0.05) is 17.7 Å². The summed E-state index contributed by atoms with van der Waals surface area (Å²) in [5, 5.41) is 6.63. The molecule has 0 unspecified atom stereocenters. The quantitative estimate of drug-likeness (QED) is 0.715. The second-order valence-electron chi connectivity index (χ2n) is 5.20. The molecule has 0 bridgehead atoms. The Balaban J connectivity index is 1.81. The monoisotopic (exact) mass is 363 g/mol. The molecule has 0 fully saturated rings. The van der Waals surface area contributed by atoms with Gasteiger partial charge in [-0.15, -0.1) is 0 Å². The van der Waals surface area contributed by atoms with Crippen LogP contribution < -0.4 is 20.1 Å². The first kappa shape index (κ1) is 18.9. The van der Waals surface area contributed by atoms with Gasteiger partial charge in [0.05, 0.1) is 19.4 Å². The number of hydrogen-bond donors (Lipinski definition) is 2. The maximum Gasteiger partial charge on any atom is 0.222 e. The third-order valence-corrected chi connectivity index (χ3v) is 3.67. The maximum atomic E-state index is 12.0. The fraction of sp³-hybridized carbons (Fsp3) is 0.333. The van der Waals surface area contributed by atoms with Crippen molar-refractivity contribution in [2.45, 2.75) is 19.9 Å². The SMILES string of the molecule is CCOc1ncccc1CNC(=O)CCNc1cc(Cl)ccc1OC. The van der Waals surface area contributed by atoms with E-state index in [1.807, 2.05) is 19.1 Å². The van der Waals surface area contributed by atoms with Crippen LogP contribution in [0.3, 0.4) is 0 Å². The van der Waals surface area contributed by atoms with Crippen LogP contribution in [0, 0.1) is 0 Å². The predicted molar refractivity (Wildman–Crippen MR) is 98.4 cm³/mol. The molecule has 1 aromatic carbocycles. The number of carbonyl (C=O) groups excluding carboxylic acids is 1. The van der Waals surface area contributed by atoms with E-state index in [0.29, 0.717) is 42.8 Å². The minimum absolute atomic E-state index is 0.0696. The number of amides is 1. The number of carbonyl (C=O) groups is 1. The molecular weight excluding hydrogens is 342 g/mol. The van der Waals surface area contributed by atoms with Crippen LogP contribution in [-0.2, 0) is 11.3 Å². The Morgan fingerprint density at radius 3 is 2.92 bits per heavy atom. The number of pyridine rings is 1. The molecule has 6 nitrogen and oxygen atoms in total. The average Bonchev–Trinajstić information content (AvgIpc) is 2.61. The van der Waals surface area contributed by atoms with E-state index < -0.39 is 0 Å². The molecule has 0 aliphatic heterocycles. The van der Waals surface area contributed by atoms with Gasteiger partial charge in [-0.05, 0) is 31.2 Å². The predicted octanol–water partition coefficient (Wildman–Crippen LogP) is 3.26. The number of rotatable bonds is 9. The first-order chi connectivity index (χ1) is 12.1. The van der Waals surface area contributed by atoms with Gasteiger partial charge in [-0.2, -0.15) is 0 Å². The molecule has 0 atom stereocenters. The number of anilines is 1. The minimum atomic E-state index is -0.0696. The van der Waals surface area contributed by atoms with Crippen molar-refractivity contribution in [3.8, 4) is 11.6 Å². The lowest BCUT2D eigenvalue weighted by Gasteiger charge is -2.12. The summed E-state index contributed by atoms with van der Waals surface area (Å²) in [6.45, 7) is 3.27. The summed E-state index contributed by atoms with van der Waals surface area (Å²) in [6, 6.07) is 9.00. The number of hydrogen-bond acceptors (Lipinski definition) is 5. The zero-order chi connectivity index (χ0) is 18.1. The van der Waals surface area contributed by atoms with Crippen molar-refractivity contribution in [1.29, 1.82) is 0 Å². The van der Waals surface area contributed by atoms with E-state index >= 15 is 0 Å². The number of benzene rings is 1. The maximum absolute atomic E-state index is 12.0. The molecule has 1 amide bonds. The largest absolute Gasteiger partial charge is 0.495 e. The Morgan fingerprint density at radius 2 is 2.16 bits per heavy atom. The Kier molecular flexibility index (Phi) is 7.35. The fourth-order valence-electron chi connectivity index (χ4n) is 2.24. The Bertz CT molecular complexity index is 710. The second kappa shape index (κ2) is 9.74. The van der Waals surface area contributed by atoms with Gasteiger partial charge in [0.15, 0.2) is 0 Å². The molecule has 7 heteroatoms. The van der Waals surface area contributed by atoms with Crippen LogP contribution in [-0.4, -0.2) is 31.2 Å². The smallest absolute Gasteiger partial charge is 0.222 e. The summed E-state index contributed by atoms with van der Waals surface area (Å²) in [5.41, 5.74) is 1.61. The van der Waals surface area contributed by atoms with Crippen molar-refractivity contribution in [3.63, 3.8) is 0 Å². The van der Waals surface area contributed by atoms with E-state index in [1.165, 1.54) is 0 Å². The topological polar surface area (TPSA) is 72.5 Å². The Morgan fingerprint density at radius 1 is 1.32 bits per heavy atom. The van der Waals surface area contributed by atoms with Gasteiger partial charge in [-0.3, -0.25) is 4.79 Å². The third-order valence-electron chi connectivity index (χ3n) is 3.44. The molecular formula is C18H22ClN3O3. The van der Waals surface area contributed by atoms with E-state index in [0.717, 1.165) is 11.3 Å². The van der Waals surface area contributed by atoms with E-state index in [4.69, 9.17) is 21.1 Å². The number of aromatic nitrogens is 1. The Labute approximate surface area is 152 Å². The van der Waals surface area contributed by atoms with Crippen LogP contribution in [0.4, 0.5) is 5.69 Å². The van der Waals surface area contributed by atoms with Gasteiger partial charge in [-0.25, -0.2) is 4.98 Å². The van der Waals surface area contributed by atoms with Gasteiger partial charge in [0.25, 0.3) is 0 Å². The molecule has 0 spiro atoms. The minimum Gasteiger partial charge on any atom is -0.495 e. The lowest BCUT2D eigenvalue weighted by atomic mass is 10.2. The van der Waals surface area contributed by atoms with Gasteiger partial charge >= 0.3 is 0 Å². The Hall–Kier alpha value is -2.47. The standard InChI is InChI=1S/C18H22ClN3O3/c1-3-25-18-13(5-4-9-21-18)12-22-17(23)8-10-20-15-11-14(19)6-7-16(15)24-2/h4-7,9,11,20H,3,8,10,12H2,1-2H3,(H,22,23). The molecule has 0 radical (unpaired) electrons. The molecule has 0 aliphatic carbocycles. The molecule has 2 N–H and O–H groups in total. The van der Waals surface area contributed by atoms with Crippen molar-refractivity contribution in [2.24, 2.45) is 0 Å². The van der Waals surface area contributed by atoms with Gasteiger partial charge in [0, 0.05) is 36.3 Å². The summed E-state index contributed by atoms with van der Waals surface area (Å²) >= 11 is 5.98. The number of halogens is 1. The van der Waals surface area contributed by atoms with E-state index in [9.17, 15) is 4.79 Å². The summed E-state index contributed by atoms with van der Waals surface area (Å²) in [4.78, 5) is 16.2. The summed E-state index contributed by atoms with van der Waals surface area (Å²) in [6.07, 6.45) is 1.98. The highest BCUT2D eigenvalue weighted by Gasteiger charge is 2.08. The van der Waals surface area contributed by atoms with Crippen LogP contribution in [0.2, 0.25) is 5.02 Å². The van der Waals surface area contributed by atoms with Crippen molar-refractivity contribution in [3.05, 3.63) is 47.1 Å². The third kappa shape index (κ3) is 5.83. The zero-order valence-electron chi connectivity index (χ0n) is 14.3. The van der Waals surface area contributed by atoms with Crippen LogP contribution in [0.5, 0.6) is 11.6 Å². The summed E-state index contributed by atoms with van der Waals surface area (Å²) < 4.78 is 10.7. The first-order valence-electron chi connectivity index (χ1n) is 8.04. The molecule has 2 rings (SSSR count). The lowest BCUT2D eigenvalue weighted by molar-refractivity contribution is -0.121. The van der Waals surface area contributed by atoms with E-state index in [2.05, 4.69) is 15.6 Å². The van der Waals surface area contributed by atoms with Gasteiger partial charge in [0.1, 0.15) is 5.75 Å². The van der Waals surface area contributed by atoms with Gasteiger partial charge < -0.3 is 20.1 Å². The van der Waals surface area contributed by atoms with Crippen LogP contribution in [0.1, 0.15) is 18.9 Å². The lowest BCUT2D eigenvalue weighted by Crippen LogP contribution is -2.25. The average molecular weight is 364 g/mol. The van der Waals surface area contributed by atoms with Crippen LogP contribution >= 0.6 is 11.6 Å². The number of nitrogens with zero attached hydrogens (tertiary/aromatic N) is 1. The zero-order valence-corrected chi connectivity index (χ0v) is 15.1. The van der Waals surface area contributed by atoms with Crippen molar-refractivity contribution in [1.82, 2.24) is 10.3 Å². The van der Waals surface area contributed by atoms with Crippen LogP contribution in [0.15, 0.2) is 36.5 Å². The normalized spacial score (nSPS) is 10.2. The van der Waals surface area contributed by atoms with E-state index in [1.54, 1.807) is 31.5 Å². The molecule has 1 aromatic heterocycles. The van der Waals surface area contributed by atoms with Crippen molar-refractivity contribution < 1.29 is 14.3 Å². The first-order valence-corrected chi connectivity index (χ1v) is 8.42. The second-order valence-corrected chi connectivity index (χ2v) is 5.64. The number of methoxy groups -OCH3 is 1. The molecule has 1 heterocycles. The number of ether oxygens (including phenoxy) is 2. The van der Waals surface area contributed by atoms with E-state index in [-0.39, 0.29) is 5.91 Å².